The molecule has 4 nitrogen and oxygen atoms in total. The Morgan fingerprint density at radius 3 is 2.60 bits per heavy atom. The van der Waals surface area contributed by atoms with Crippen LogP contribution < -0.4 is 5.32 Å². The van der Waals surface area contributed by atoms with Gasteiger partial charge in [-0.05, 0) is 39.3 Å². The quantitative estimate of drug-likeness (QED) is 0.755. The van der Waals surface area contributed by atoms with E-state index >= 15 is 0 Å². The van der Waals surface area contributed by atoms with Crippen LogP contribution in [-0.2, 0) is 11.2 Å². The summed E-state index contributed by atoms with van der Waals surface area (Å²) in [6, 6.07) is 2.87. The van der Waals surface area contributed by atoms with Gasteiger partial charge in [-0.25, -0.2) is 0 Å². The Kier molecular flexibility index (Phi) is 6.69. The first-order valence-electron chi connectivity index (χ1n) is 7.83. The number of rotatable bonds is 9. The highest BCUT2D eigenvalue weighted by molar-refractivity contribution is 5.05. The van der Waals surface area contributed by atoms with Crippen LogP contribution >= 0.6 is 0 Å². The SMILES string of the molecule is CCNC(Cc1ccn(C(C)CC)n1)C(C)(CC)OC. The summed E-state index contributed by atoms with van der Waals surface area (Å²) in [6.07, 6.45) is 5.06. The predicted octanol–water partition coefficient (Wildman–Crippen LogP) is 3.19. The second-order valence-electron chi connectivity index (χ2n) is 5.73. The Balaban J connectivity index is 2.82. The third kappa shape index (κ3) is 4.06. The van der Waals surface area contributed by atoms with Gasteiger partial charge in [0.15, 0.2) is 0 Å². The van der Waals surface area contributed by atoms with Gasteiger partial charge in [-0.15, -0.1) is 0 Å². The van der Waals surface area contributed by atoms with Gasteiger partial charge < -0.3 is 10.1 Å². The zero-order valence-corrected chi connectivity index (χ0v) is 13.9. The lowest BCUT2D eigenvalue weighted by Gasteiger charge is -2.36. The Hall–Kier alpha value is -0.870. The first kappa shape index (κ1) is 17.2. The summed E-state index contributed by atoms with van der Waals surface area (Å²) >= 11 is 0. The second kappa shape index (κ2) is 7.79. The van der Waals surface area contributed by atoms with Crippen molar-refractivity contribution in [2.75, 3.05) is 13.7 Å². The molecule has 1 heterocycles. The smallest absolute Gasteiger partial charge is 0.0804 e. The predicted molar refractivity (Wildman–Crippen MR) is 84.1 cm³/mol. The number of nitrogens with one attached hydrogen (secondary N) is 1. The van der Waals surface area contributed by atoms with Crippen LogP contribution in [-0.4, -0.2) is 35.1 Å². The molecule has 0 radical (unpaired) electrons. The van der Waals surface area contributed by atoms with Crippen molar-refractivity contribution in [3.05, 3.63) is 18.0 Å². The first-order chi connectivity index (χ1) is 9.50. The van der Waals surface area contributed by atoms with Crippen molar-refractivity contribution in [3.63, 3.8) is 0 Å². The maximum Gasteiger partial charge on any atom is 0.0804 e. The number of hydrogen-bond donors (Lipinski definition) is 1. The molecule has 4 heteroatoms. The molecule has 116 valence electrons. The van der Waals surface area contributed by atoms with Crippen molar-refractivity contribution in [2.24, 2.45) is 0 Å². The summed E-state index contributed by atoms with van der Waals surface area (Å²) in [7, 11) is 1.80. The zero-order valence-electron chi connectivity index (χ0n) is 13.9. The van der Waals surface area contributed by atoms with Crippen molar-refractivity contribution in [2.45, 2.75) is 71.6 Å². The van der Waals surface area contributed by atoms with Gasteiger partial charge in [-0.2, -0.15) is 5.10 Å². The lowest BCUT2D eigenvalue weighted by atomic mass is 9.89. The molecule has 1 N–H and O–H groups in total. The van der Waals surface area contributed by atoms with Gasteiger partial charge in [0.05, 0.1) is 11.3 Å². The highest BCUT2D eigenvalue weighted by atomic mass is 16.5. The Bertz CT molecular complexity index is 385. The molecule has 0 saturated heterocycles. The van der Waals surface area contributed by atoms with Crippen LogP contribution in [0.4, 0.5) is 0 Å². The molecule has 0 aromatic carbocycles. The first-order valence-corrected chi connectivity index (χ1v) is 7.83. The number of likely N-dealkylation sites (N-methyl/N-ethyl adjacent to an activating group) is 1. The van der Waals surface area contributed by atoms with Gasteiger partial charge in [0.25, 0.3) is 0 Å². The normalized spacial score (nSPS) is 17.7. The van der Waals surface area contributed by atoms with Crippen LogP contribution in [0.3, 0.4) is 0 Å². The molecule has 0 amide bonds. The molecule has 0 saturated carbocycles. The van der Waals surface area contributed by atoms with Gasteiger partial charge in [-0.3, -0.25) is 4.68 Å². The number of methoxy groups -OCH3 is 1. The van der Waals surface area contributed by atoms with Crippen LogP contribution in [0, 0.1) is 0 Å². The van der Waals surface area contributed by atoms with Gasteiger partial charge in [-0.1, -0.05) is 20.8 Å². The number of hydrogen-bond acceptors (Lipinski definition) is 3. The van der Waals surface area contributed by atoms with Crippen molar-refractivity contribution >= 4 is 0 Å². The van der Waals surface area contributed by atoms with E-state index < -0.39 is 0 Å². The van der Waals surface area contributed by atoms with E-state index in [0.717, 1.165) is 31.5 Å². The fourth-order valence-electron chi connectivity index (χ4n) is 2.41. The van der Waals surface area contributed by atoms with E-state index in [2.05, 4.69) is 56.9 Å². The molecule has 0 aliphatic rings. The van der Waals surface area contributed by atoms with E-state index in [0.29, 0.717) is 6.04 Å². The minimum atomic E-state index is -0.157. The van der Waals surface area contributed by atoms with E-state index in [1.54, 1.807) is 7.11 Å². The van der Waals surface area contributed by atoms with Crippen molar-refractivity contribution < 1.29 is 4.74 Å². The molecule has 1 aromatic heterocycles. The molecular weight excluding hydrogens is 250 g/mol. The largest absolute Gasteiger partial charge is 0.377 e. The lowest BCUT2D eigenvalue weighted by Crippen LogP contribution is -2.51. The fraction of sp³-hybridized carbons (Fsp3) is 0.812. The molecule has 0 spiro atoms. The molecule has 3 unspecified atom stereocenters. The standard InChI is InChI=1S/C16H31N3O/c1-7-13(4)19-11-10-14(18-19)12-15(17-9-3)16(5,8-2)20-6/h10-11,13,15,17H,7-9,12H2,1-6H3. The Labute approximate surface area is 123 Å². The summed E-state index contributed by atoms with van der Waals surface area (Å²) < 4.78 is 7.82. The summed E-state index contributed by atoms with van der Waals surface area (Å²) in [4.78, 5) is 0. The molecule has 0 fully saturated rings. The van der Waals surface area contributed by atoms with E-state index in [1.165, 1.54) is 0 Å². The van der Waals surface area contributed by atoms with Crippen molar-refractivity contribution in [1.29, 1.82) is 0 Å². The number of ether oxygens (including phenoxy) is 1. The Morgan fingerprint density at radius 2 is 2.10 bits per heavy atom. The Morgan fingerprint density at radius 1 is 1.40 bits per heavy atom. The fourth-order valence-corrected chi connectivity index (χ4v) is 2.41. The van der Waals surface area contributed by atoms with Gasteiger partial charge in [0, 0.05) is 31.8 Å². The lowest BCUT2D eigenvalue weighted by molar-refractivity contribution is -0.0286. The number of aromatic nitrogens is 2. The van der Waals surface area contributed by atoms with Crippen molar-refractivity contribution in [3.8, 4) is 0 Å². The van der Waals surface area contributed by atoms with Gasteiger partial charge in [0.1, 0.15) is 0 Å². The van der Waals surface area contributed by atoms with E-state index in [-0.39, 0.29) is 11.6 Å². The third-order valence-electron chi connectivity index (χ3n) is 4.48. The number of nitrogens with zero attached hydrogens (tertiary/aromatic N) is 2. The summed E-state index contributed by atoms with van der Waals surface area (Å²) in [5.74, 6) is 0. The van der Waals surface area contributed by atoms with E-state index in [1.807, 2.05) is 0 Å². The molecular formula is C16H31N3O. The van der Waals surface area contributed by atoms with Crippen LogP contribution in [0.1, 0.15) is 59.2 Å². The topological polar surface area (TPSA) is 39.1 Å². The van der Waals surface area contributed by atoms with Crippen LogP contribution in [0.5, 0.6) is 0 Å². The molecule has 1 rings (SSSR count). The minimum Gasteiger partial charge on any atom is -0.377 e. The van der Waals surface area contributed by atoms with Gasteiger partial charge >= 0.3 is 0 Å². The molecule has 1 aromatic rings. The highest BCUT2D eigenvalue weighted by Crippen LogP contribution is 2.22. The molecule has 3 atom stereocenters. The molecule has 20 heavy (non-hydrogen) atoms. The van der Waals surface area contributed by atoms with E-state index in [4.69, 9.17) is 9.84 Å². The summed E-state index contributed by atoms with van der Waals surface area (Å²) in [6.45, 7) is 11.8. The van der Waals surface area contributed by atoms with Gasteiger partial charge in [0.2, 0.25) is 0 Å². The molecule has 0 aliphatic heterocycles. The highest BCUT2D eigenvalue weighted by Gasteiger charge is 2.32. The zero-order chi connectivity index (χ0) is 15.2. The average molecular weight is 281 g/mol. The minimum absolute atomic E-state index is 0.157. The average Bonchev–Trinajstić information content (AvgIpc) is 2.93. The third-order valence-corrected chi connectivity index (χ3v) is 4.48. The second-order valence-corrected chi connectivity index (χ2v) is 5.73. The molecule has 0 aliphatic carbocycles. The van der Waals surface area contributed by atoms with Crippen LogP contribution in [0.2, 0.25) is 0 Å². The maximum atomic E-state index is 5.75. The monoisotopic (exact) mass is 281 g/mol. The van der Waals surface area contributed by atoms with E-state index in [9.17, 15) is 0 Å². The summed E-state index contributed by atoms with van der Waals surface area (Å²) in [5.41, 5.74) is 0.976. The van der Waals surface area contributed by atoms with Crippen molar-refractivity contribution in [1.82, 2.24) is 15.1 Å². The van der Waals surface area contributed by atoms with Crippen LogP contribution in [0.25, 0.3) is 0 Å². The summed E-state index contributed by atoms with van der Waals surface area (Å²) in [5, 5.41) is 8.26. The van der Waals surface area contributed by atoms with Crippen LogP contribution in [0.15, 0.2) is 12.3 Å². The maximum absolute atomic E-state index is 5.75. The molecule has 0 bridgehead atoms.